The van der Waals surface area contributed by atoms with Gasteiger partial charge in [-0.3, -0.25) is 23.3 Å². The van der Waals surface area contributed by atoms with Crippen LogP contribution >= 0.6 is 23.2 Å². The smallest absolute Gasteiger partial charge is 0.238 e. The van der Waals surface area contributed by atoms with E-state index in [0.29, 0.717) is 29.5 Å². The largest absolute Gasteiger partial charge is 0.394 e. The number of ether oxygens (including phenoxy) is 1. The average Bonchev–Trinajstić information content (AvgIpc) is 3.65. The number of halogens is 6. The Balaban J connectivity index is 1.46. The number of benzene rings is 4. The van der Waals surface area contributed by atoms with Gasteiger partial charge in [0.2, 0.25) is 11.8 Å². The van der Waals surface area contributed by atoms with Crippen LogP contribution in [0.5, 0.6) is 0 Å². The number of rotatable bonds is 10. The number of anilines is 1. The topological polar surface area (TPSA) is 111 Å². The maximum Gasteiger partial charge on any atom is 0.238 e. The predicted octanol–water partition coefficient (Wildman–Crippen LogP) is 7.52. The fourth-order valence-corrected chi connectivity index (χ4v) is 10.7. The highest BCUT2D eigenvalue weighted by atomic mass is 35.5. The minimum Gasteiger partial charge on any atom is -0.394 e. The molecule has 57 heavy (non-hydrogen) atoms. The number of fused-ring (bicyclic) bond motifs is 3. The summed E-state index contributed by atoms with van der Waals surface area (Å²) in [7, 11) is 0. The van der Waals surface area contributed by atoms with Gasteiger partial charge in [0.25, 0.3) is 0 Å². The summed E-state index contributed by atoms with van der Waals surface area (Å²) in [5.74, 6) is -5.19. The maximum absolute atomic E-state index is 16.9. The summed E-state index contributed by atoms with van der Waals surface area (Å²) in [4.78, 5) is 32.5. The zero-order valence-electron chi connectivity index (χ0n) is 30.6. The number of hydrogen-bond acceptors (Lipinski definition) is 6. The molecule has 3 fully saturated rings. The van der Waals surface area contributed by atoms with Gasteiger partial charge in [0.05, 0.1) is 56.9 Å². The molecule has 0 aromatic heterocycles. The van der Waals surface area contributed by atoms with Crippen molar-refractivity contribution in [3.05, 3.63) is 135 Å². The van der Waals surface area contributed by atoms with E-state index in [0.717, 1.165) is 12.1 Å². The summed E-state index contributed by atoms with van der Waals surface area (Å²) >= 11 is 12.8. The Labute approximate surface area is 337 Å². The van der Waals surface area contributed by atoms with E-state index in [1.165, 1.54) is 6.07 Å². The van der Waals surface area contributed by atoms with Gasteiger partial charge in [0.1, 0.15) is 22.1 Å². The van der Waals surface area contributed by atoms with Crippen LogP contribution in [0.3, 0.4) is 0 Å². The first-order valence-electron chi connectivity index (χ1n) is 18.9. The second-order valence-corrected chi connectivity index (χ2v) is 16.6. The van der Waals surface area contributed by atoms with Crippen LogP contribution in [0.4, 0.5) is 23.2 Å². The average molecular weight is 827 g/mol. The molecule has 1 saturated carbocycles. The minimum absolute atomic E-state index is 0.0325. The molecule has 14 heteroatoms. The number of amides is 2. The molecular weight excluding hydrogens is 785 g/mol. The lowest BCUT2D eigenvalue weighted by Crippen LogP contribution is -2.72. The molecule has 8 rings (SSSR count). The normalized spacial score (nSPS) is 27.1. The van der Waals surface area contributed by atoms with Gasteiger partial charge in [0, 0.05) is 27.6 Å². The van der Waals surface area contributed by atoms with Crippen molar-refractivity contribution in [2.75, 3.05) is 31.9 Å². The van der Waals surface area contributed by atoms with Crippen molar-refractivity contribution in [3.63, 3.8) is 0 Å². The summed E-state index contributed by atoms with van der Waals surface area (Å²) in [5, 5.41) is 27.7. The monoisotopic (exact) mass is 825 g/mol. The number of aliphatic hydroxyl groups is 2. The molecule has 2 saturated heterocycles. The molecule has 7 atom stereocenters. The van der Waals surface area contributed by atoms with Crippen LogP contribution in [0.1, 0.15) is 66.0 Å². The van der Waals surface area contributed by atoms with Crippen molar-refractivity contribution in [2.24, 2.45) is 5.41 Å². The first-order chi connectivity index (χ1) is 27.4. The van der Waals surface area contributed by atoms with Crippen molar-refractivity contribution in [2.45, 2.75) is 72.9 Å². The fraction of sp³-hybridized carbons (Fsp3) is 0.395. The molecule has 2 spiro atoms. The third-order valence-electron chi connectivity index (χ3n) is 12.7. The number of nitrogens with one attached hydrogen (secondary N) is 2. The third kappa shape index (κ3) is 6.17. The molecule has 2 amide bonds. The molecule has 3 heterocycles. The second kappa shape index (κ2) is 15.3. The van der Waals surface area contributed by atoms with Gasteiger partial charge in [-0.05, 0) is 66.1 Å². The molecule has 3 aliphatic heterocycles. The first kappa shape index (κ1) is 39.8. The maximum atomic E-state index is 16.9. The van der Waals surface area contributed by atoms with Gasteiger partial charge in [-0.25, -0.2) is 8.78 Å². The molecular formula is C43H41Cl2F4N3O5. The Bertz CT molecular complexity index is 2150. The zero-order valence-corrected chi connectivity index (χ0v) is 32.1. The number of nitrogens with zero attached hydrogens (tertiary/aromatic N) is 1. The Morgan fingerprint density at radius 3 is 2.23 bits per heavy atom. The molecule has 4 aliphatic rings. The van der Waals surface area contributed by atoms with Crippen LogP contribution in [0.15, 0.2) is 91.0 Å². The Hall–Kier alpha value is -4.04. The van der Waals surface area contributed by atoms with Crippen LogP contribution in [0.2, 0.25) is 10.0 Å². The molecule has 4 aromatic carbocycles. The summed E-state index contributed by atoms with van der Waals surface area (Å²) in [6, 6.07) is 20.8. The van der Waals surface area contributed by atoms with Gasteiger partial charge in [-0.1, -0.05) is 96.0 Å². The van der Waals surface area contributed by atoms with Crippen LogP contribution < -0.4 is 10.6 Å². The Morgan fingerprint density at radius 2 is 1.61 bits per heavy atom. The summed E-state index contributed by atoms with van der Waals surface area (Å²) in [6.45, 7) is -2.39. The van der Waals surface area contributed by atoms with Crippen LogP contribution in [-0.4, -0.2) is 77.2 Å². The molecule has 0 radical (unpaired) electrons. The van der Waals surface area contributed by atoms with Crippen molar-refractivity contribution in [1.82, 2.24) is 10.2 Å². The second-order valence-electron chi connectivity index (χ2n) is 15.8. The molecule has 0 bridgehead atoms. The van der Waals surface area contributed by atoms with Crippen LogP contribution in [0.25, 0.3) is 0 Å². The molecule has 300 valence electrons. The van der Waals surface area contributed by atoms with Crippen LogP contribution in [0, 0.1) is 17.0 Å². The molecule has 4 N–H and O–H groups in total. The Morgan fingerprint density at radius 1 is 0.947 bits per heavy atom. The van der Waals surface area contributed by atoms with E-state index in [1.807, 2.05) is 0 Å². The Kier molecular flexibility index (Phi) is 10.7. The number of carbonyl (C=O) groups excluding carboxylic acids is 2. The highest BCUT2D eigenvalue weighted by Gasteiger charge is 2.82. The summed E-state index contributed by atoms with van der Waals surface area (Å²) < 4.78 is 68.3. The summed E-state index contributed by atoms with van der Waals surface area (Å²) in [6.07, 6.45) is -1.68. The third-order valence-corrected chi connectivity index (χ3v) is 13.3. The van der Waals surface area contributed by atoms with Gasteiger partial charge in [-0.2, -0.15) is 0 Å². The molecule has 1 unspecified atom stereocenters. The van der Waals surface area contributed by atoms with E-state index in [2.05, 4.69) is 10.6 Å². The highest BCUT2D eigenvalue weighted by molar-refractivity contribution is 6.31. The molecule has 8 nitrogen and oxygen atoms in total. The number of aliphatic hydroxyl groups excluding tert-OH is 2. The van der Waals surface area contributed by atoms with E-state index in [1.54, 1.807) is 77.7 Å². The standard InChI is InChI=1S/C43H41Cl2F4N3O5/c44-26-11-15-30-32(17-26)51-40(56)43(30)33(29-14-16-31(48)34(45)35(29)49)37(39(55)50-27-12-13-28(18-53)57-19-27)52(42(43)20-41(21-42,22-46)23-47)36(24-7-3-1-4-8-24)38(54)25-9-5-2-6-10-25/h1-11,14-17,27-28,33,36-38,53-54H,12-13,18-23H2,(H,50,55)(H,51,56)/t27-,28+,33+,36-,37-,38+,43?/m1/s1. The van der Waals surface area contributed by atoms with Crippen molar-refractivity contribution in [3.8, 4) is 0 Å². The first-order valence-corrected chi connectivity index (χ1v) is 19.7. The van der Waals surface area contributed by atoms with Crippen molar-refractivity contribution >= 4 is 40.7 Å². The molecule has 4 aromatic rings. The number of likely N-dealkylation sites (tertiary alicyclic amines) is 1. The lowest BCUT2D eigenvalue weighted by Gasteiger charge is -2.63. The lowest BCUT2D eigenvalue weighted by molar-refractivity contribution is -0.166. The summed E-state index contributed by atoms with van der Waals surface area (Å²) in [5.41, 5.74) is -4.10. The lowest BCUT2D eigenvalue weighted by atomic mass is 9.45. The van der Waals surface area contributed by atoms with Gasteiger partial charge in [-0.15, -0.1) is 0 Å². The van der Waals surface area contributed by atoms with Gasteiger partial charge in [0.15, 0.2) is 0 Å². The predicted molar refractivity (Wildman–Crippen MR) is 206 cm³/mol. The van der Waals surface area contributed by atoms with E-state index in [9.17, 15) is 10.2 Å². The van der Waals surface area contributed by atoms with E-state index >= 15 is 27.2 Å². The quantitative estimate of drug-likeness (QED) is 0.0974. The van der Waals surface area contributed by atoms with E-state index in [-0.39, 0.29) is 42.3 Å². The zero-order chi connectivity index (χ0) is 40.3. The van der Waals surface area contributed by atoms with Crippen molar-refractivity contribution < 1.29 is 42.1 Å². The van der Waals surface area contributed by atoms with Gasteiger partial charge < -0.3 is 25.6 Å². The number of alkyl halides is 2. The SMILES string of the molecule is O=C(N[C@@H]1CC[C@@H](CO)OC1)[C@H]1[C@H](c2ccc(F)c(Cl)c2F)C2(C(=O)Nc3cc(Cl)ccc32)C2(CC(CF)(CF)C2)N1[C@H](c1ccccc1)[C@@H](O)c1ccccc1. The highest BCUT2D eigenvalue weighted by Crippen LogP contribution is 2.74. The van der Waals surface area contributed by atoms with E-state index < -0.39 is 94.4 Å². The number of carbonyl (C=O) groups is 2. The van der Waals surface area contributed by atoms with Gasteiger partial charge >= 0.3 is 0 Å². The fourth-order valence-electron chi connectivity index (χ4n) is 10.3. The van der Waals surface area contributed by atoms with Crippen molar-refractivity contribution in [1.29, 1.82) is 0 Å². The molecule has 1 aliphatic carbocycles. The minimum atomic E-state index is -2.00. The van der Waals surface area contributed by atoms with E-state index in [4.69, 9.17) is 27.9 Å². The number of hydrogen-bond donors (Lipinski definition) is 4. The van der Waals surface area contributed by atoms with Crippen LogP contribution in [-0.2, 0) is 19.7 Å².